The molecule has 118 valence electrons. The van der Waals surface area contributed by atoms with Crippen molar-refractivity contribution in [1.29, 1.82) is 0 Å². The summed E-state index contributed by atoms with van der Waals surface area (Å²) in [6.07, 6.45) is 1.64. The molecule has 1 amide bonds. The predicted octanol–water partition coefficient (Wildman–Crippen LogP) is 2.97. The van der Waals surface area contributed by atoms with Crippen molar-refractivity contribution >= 4 is 34.2 Å². The molecule has 1 N–H and O–H groups in total. The Balaban J connectivity index is 1.93. The van der Waals surface area contributed by atoms with Gasteiger partial charge in [0.2, 0.25) is 5.91 Å². The van der Waals surface area contributed by atoms with E-state index in [2.05, 4.69) is 27.9 Å². The number of para-hydroxylation sites is 1. The van der Waals surface area contributed by atoms with Crippen LogP contribution in [0.4, 0.5) is 5.69 Å². The van der Waals surface area contributed by atoms with Gasteiger partial charge in [-0.2, -0.15) is 0 Å². The van der Waals surface area contributed by atoms with Gasteiger partial charge in [0.05, 0.1) is 31.6 Å². The number of ether oxygens (including phenoxy) is 1. The van der Waals surface area contributed by atoms with Gasteiger partial charge in [0, 0.05) is 17.2 Å². The number of carbonyl (C=O) groups is 1. The van der Waals surface area contributed by atoms with Gasteiger partial charge in [-0.25, -0.2) is 0 Å². The summed E-state index contributed by atoms with van der Waals surface area (Å²) in [4.78, 5) is 14.2. The van der Waals surface area contributed by atoms with Crippen LogP contribution in [0.3, 0.4) is 0 Å². The maximum Gasteiger partial charge on any atom is 0.238 e. The minimum atomic E-state index is -0.0493. The zero-order chi connectivity index (χ0) is 15.8. The first-order valence-corrected chi connectivity index (χ1v) is 8.05. The van der Waals surface area contributed by atoms with Crippen LogP contribution in [0.5, 0.6) is 0 Å². The molecule has 0 fully saturated rings. The van der Waals surface area contributed by atoms with Crippen molar-refractivity contribution in [2.75, 3.05) is 32.1 Å². The summed E-state index contributed by atoms with van der Waals surface area (Å²) in [7, 11) is 1.65. The summed E-state index contributed by atoms with van der Waals surface area (Å²) in [5.41, 5.74) is 0.831. The van der Waals surface area contributed by atoms with Crippen LogP contribution in [-0.4, -0.2) is 37.6 Å². The minimum Gasteiger partial charge on any atom is -0.468 e. The van der Waals surface area contributed by atoms with Crippen LogP contribution in [0.25, 0.3) is 0 Å². The highest BCUT2D eigenvalue weighted by molar-refractivity contribution is 14.1. The Labute approximate surface area is 143 Å². The van der Waals surface area contributed by atoms with Gasteiger partial charge < -0.3 is 14.5 Å². The predicted molar refractivity (Wildman–Crippen MR) is 93.6 cm³/mol. The highest BCUT2D eigenvalue weighted by Gasteiger charge is 2.13. The van der Waals surface area contributed by atoms with E-state index < -0.39 is 0 Å². The molecule has 1 aromatic carbocycles. The van der Waals surface area contributed by atoms with Crippen molar-refractivity contribution in [3.05, 3.63) is 52.0 Å². The Morgan fingerprint density at radius 2 is 2.14 bits per heavy atom. The molecule has 0 radical (unpaired) electrons. The molecule has 6 heteroatoms. The van der Waals surface area contributed by atoms with Crippen molar-refractivity contribution in [3.63, 3.8) is 0 Å². The molecule has 0 aliphatic rings. The summed E-state index contributed by atoms with van der Waals surface area (Å²) in [5, 5.41) is 2.94. The number of halogens is 1. The van der Waals surface area contributed by atoms with Gasteiger partial charge >= 0.3 is 0 Å². The third kappa shape index (κ3) is 5.43. The molecule has 0 spiro atoms. The van der Waals surface area contributed by atoms with Gasteiger partial charge in [-0.05, 0) is 46.9 Å². The number of benzene rings is 1. The summed E-state index contributed by atoms with van der Waals surface area (Å²) in [5.74, 6) is 0.782. The SMILES string of the molecule is COCCN(CC(=O)Nc1ccccc1I)Cc1ccco1. The van der Waals surface area contributed by atoms with Crippen LogP contribution in [0.15, 0.2) is 47.1 Å². The summed E-state index contributed by atoms with van der Waals surface area (Å²) in [6, 6.07) is 11.4. The van der Waals surface area contributed by atoms with E-state index in [1.165, 1.54) is 0 Å². The third-order valence-electron chi connectivity index (χ3n) is 3.09. The average Bonchev–Trinajstić information content (AvgIpc) is 3.00. The second kappa shape index (κ2) is 8.92. The Hall–Kier alpha value is -1.38. The molecule has 0 atom stereocenters. The monoisotopic (exact) mass is 414 g/mol. The van der Waals surface area contributed by atoms with Gasteiger partial charge in [-0.3, -0.25) is 9.69 Å². The Kier molecular flexibility index (Phi) is 6.88. The topological polar surface area (TPSA) is 54.7 Å². The summed E-state index contributed by atoms with van der Waals surface area (Å²) < 4.78 is 11.5. The molecule has 2 rings (SSSR count). The van der Waals surface area contributed by atoms with Crippen LogP contribution < -0.4 is 5.32 Å². The van der Waals surface area contributed by atoms with Gasteiger partial charge in [0.25, 0.3) is 0 Å². The van der Waals surface area contributed by atoms with Crippen LogP contribution in [-0.2, 0) is 16.1 Å². The number of methoxy groups -OCH3 is 1. The van der Waals surface area contributed by atoms with Crippen LogP contribution in [0.2, 0.25) is 0 Å². The van der Waals surface area contributed by atoms with Gasteiger partial charge in [-0.1, -0.05) is 12.1 Å². The molecular weight excluding hydrogens is 395 g/mol. The smallest absolute Gasteiger partial charge is 0.238 e. The summed E-state index contributed by atoms with van der Waals surface area (Å²) >= 11 is 2.20. The van der Waals surface area contributed by atoms with Gasteiger partial charge in [-0.15, -0.1) is 0 Å². The van der Waals surface area contributed by atoms with E-state index in [4.69, 9.17) is 9.15 Å². The first-order chi connectivity index (χ1) is 10.7. The quantitative estimate of drug-likeness (QED) is 0.675. The van der Waals surface area contributed by atoms with E-state index in [1.807, 2.05) is 41.3 Å². The molecule has 0 aliphatic carbocycles. The molecule has 2 aromatic rings. The van der Waals surface area contributed by atoms with Gasteiger partial charge in [0.15, 0.2) is 0 Å². The number of rotatable bonds is 8. The first-order valence-electron chi connectivity index (χ1n) is 6.97. The zero-order valence-corrected chi connectivity index (χ0v) is 14.6. The number of nitrogens with one attached hydrogen (secondary N) is 1. The summed E-state index contributed by atoms with van der Waals surface area (Å²) in [6.45, 7) is 2.10. The van der Waals surface area contributed by atoms with Crippen molar-refractivity contribution in [3.8, 4) is 0 Å². The molecule has 0 aliphatic heterocycles. The number of amides is 1. The Bertz CT molecular complexity index is 587. The number of hydrogen-bond acceptors (Lipinski definition) is 4. The fourth-order valence-electron chi connectivity index (χ4n) is 2.01. The molecule has 22 heavy (non-hydrogen) atoms. The van der Waals surface area contributed by atoms with Crippen molar-refractivity contribution in [1.82, 2.24) is 4.90 Å². The lowest BCUT2D eigenvalue weighted by Crippen LogP contribution is -2.35. The van der Waals surface area contributed by atoms with E-state index >= 15 is 0 Å². The normalized spacial score (nSPS) is 10.9. The Morgan fingerprint density at radius 3 is 2.82 bits per heavy atom. The van der Waals surface area contributed by atoms with E-state index in [9.17, 15) is 4.79 Å². The molecule has 0 saturated heterocycles. The van der Waals surface area contributed by atoms with E-state index in [-0.39, 0.29) is 12.5 Å². The fraction of sp³-hybridized carbons (Fsp3) is 0.312. The second-order valence-electron chi connectivity index (χ2n) is 4.81. The Morgan fingerprint density at radius 1 is 1.32 bits per heavy atom. The van der Waals surface area contributed by atoms with Gasteiger partial charge in [0.1, 0.15) is 5.76 Å². The number of nitrogens with zero attached hydrogens (tertiary/aromatic N) is 1. The highest BCUT2D eigenvalue weighted by Crippen LogP contribution is 2.17. The maximum absolute atomic E-state index is 12.2. The van der Waals surface area contributed by atoms with Crippen molar-refractivity contribution < 1.29 is 13.9 Å². The van der Waals surface area contributed by atoms with E-state index in [1.54, 1.807) is 13.4 Å². The molecule has 0 bridgehead atoms. The van der Waals surface area contributed by atoms with Crippen LogP contribution in [0, 0.1) is 3.57 Å². The molecule has 5 nitrogen and oxygen atoms in total. The van der Waals surface area contributed by atoms with E-state index in [0.717, 1.165) is 15.0 Å². The highest BCUT2D eigenvalue weighted by atomic mass is 127. The number of anilines is 1. The molecular formula is C16H19IN2O3. The number of furan rings is 1. The number of carbonyl (C=O) groups excluding carboxylic acids is 1. The molecule has 1 heterocycles. The van der Waals surface area contributed by atoms with Crippen molar-refractivity contribution in [2.24, 2.45) is 0 Å². The van der Waals surface area contributed by atoms with Crippen molar-refractivity contribution in [2.45, 2.75) is 6.54 Å². The molecule has 0 saturated carbocycles. The maximum atomic E-state index is 12.2. The average molecular weight is 414 g/mol. The standard InChI is InChI=1S/C16H19IN2O3/c1-21-10-8-19(11-13-5-4-9-22-13)12-16(20)18-15-7-3-2-6-14(15)17/h2-7,9H,8,10-12H2,1H3,(H,18,20). The number of hydrogen-bond donors (Lipinski definition) is 1. The third-order valence-corrected chi connectivity index (χ3v) is 4.03. The molecule has 0 unspecified atom stereocenters. The zero-order valence-electron chi connectivity index (χ0n) is 12.4. The second-order valence-corrected chi connectivity index (χ2v) is 5.97. The lowest BCUT2D eigenvalue weighted by molar-refractivity contribution is -0.117. The molecule has 1 aromatic heterocycles. The fourth-order valence-corrected chi connectivity index (χ4v) is 2.53. The van der Waals surface area contributed by atoms with E-state index in [0.29, 0.717) is 19.7 Å². The largest absolute Gasteiger partial charge is 0.468 e. The minimum absolute atomic E-state index is 0.0493. The van der Waals surface area contributed by atoms with Crippen LogP contribution in [0.1, 0.15) is 5.76 Å². The first kappa shape index (κ1) is 17.0. The lowest BCUT2D eigenvalue weighted by Gasteiger charge is -2.20. The lowest BCUT2D eigenvalue weighted by atomic mass is 10.3. The van der Waals surface area contributed by atoms with Crippen LogP contribution >= 0.6 is 22.6 Å².